The zero-order valence-corrected chi connectivity index (χ0v) is 19.2. The van der Waals surface area contributed by atoms with Gasteiger partial charge in [-0.1, -0.05) is 6.42 Å². The number of rotatable bonds is 6. The van der Waals surface area contributed by atoms with Crippen molar-refractivity contribution in [2.75, 3.05) is 36.4 Å². The lowest BCUT2D eigenvalue weighted by Crippen LogP contribution is -2.36. The zero-order chi connectivity index (χ0) is 23.4. The monoisotopic (exact) mass is 472 g/mol. The molecule has 2 heterocycles. The Hall–Kier alpha value is -2.98. The van der Waals surface area contributed by atoms with E-state index < -0.39 is 20.9 Å². The van der Waals surface area contributed by atoms with E-state index in [-0.39, 0.29) is 16.1 Å². The van der Waals surface area contributed by atoms with Crippen molar-refractivity contribution in [2.45, 2.75) is 43.4 Å². The molecule has 0 aliphatic carbocycles. The van der Waals surface area contributed by atoms with Gasteiger partial charge in [0.05, 0.1) is 15.4 Å². The van der Waals surface area contributed by atoms with Crippen molar-refractivity contribution in [3.63, 3.8) is 0 Å². The number of benzene rings is 2. The lowest BCUT2D eigenvalue weighted by atomic mass is 10.1. The fraction of sp³-hybridized carbons (Fsp3) is 0.435. The molecule has 2 aliphatic heterocycles. The largest absolute Gasteiger partial charge is 0.371 e. The fourth-order valence-electron chi connectivity index (χ4n) is 4.39. The smallest absolute Gasteiger partial charge is 0.269 e. The molecule has 2 aromatic rings. The molecule has 176 valence electrons. The third-order valence-corrected chi connectivity index (χ3v) is 8.09. The Morgan fingerprint density at radius 3 is 2.09 bits per heavy atom. The number of nitrogens with one attached hydrogen (secondary N) is 1. The van der Waals surface area contributed by atoms with Crippen molar-refractivity contribution in [3.8, 4) is 0 Å². The summed E-state index contributed by atoms with van der Waals surface area (Å²) in [6.45, 7) is 2.58. The molecule has 4 rings (SSSR count). The molecule has 0 saturated carbocycles. The first-order valence-electron chi connectivity index (χ1n) is 11.3. The average Bonchev–Trinajstić information content (AvgIpc) is 2.85. The topological polar surface area (TPSA) is 113 Å². The second-order valence-corrected chi connectivity index (χ2v) is 10.4. The lowest BCUT2D eigenvalue weighted by Gasteiger charge is -2.31. The number of hydrogen-bond acceptors (Lipinski definition) is 6. The second kappa shape index (κ2) is 9.88. The maximum atomic E-state index is 13.3. The normalized spacial score (nSPS) is 17.5. The minimum atomic E-state index is -3.69. The van der Waals surface area contributed by atoms with Gasteiger partial charge in [0, 0.05) is 49.7 Å². The van der Waals surface area contributed by atoms with Crippen LogP contribution in [-0.2, 0) is 10.0 Å². The summed E-state index contributed by atoms with van der Waals surface area (Å²) < 4.78 is 27.9. The molecule has 1 amide bonds. The predicted molar refractivity (Wildman–Crippen MR) is 126 cm³/mol. The van der Waals surface area contributed by atoms with Gasteiger partial charge in [-0.3, -0.25) is 14.9 Å². The zero-order valence-electron chi connectivity index (χ0n) is 18.4. The van der Waals surface area contributed by atoms with Gasteiger partial charge in [0.1, 0.15) is 0 Å². The van der Waals surface area contributed by atoms with Crippen LogP contribution in [0.5, 0.6) is 0 Å². The van der Waals surface area contributed by atoms with E-state index in [1.165, 1.54) is 34.6 Å². The van der Waals surface area contributed by atoms with Gasteiger partial charge < -0.3 is 10.2 Å². The van der Waals surface area contributed by atoms with Crippen LogP contribution < -0.4 is 10.2 Å². The van der Waals surface area contributed by atoms with Gasteiger partial charge >= 0.3 is 0 Å². The number of carbonyl (C=O) groups excluding carboxylic acids is 1. The Bertz CT molecular complexity index is 1120. The van der Waals surface area contributed by atoms with Crippen LogP contribution >= 0.6 is 0 Å². The summed E-state index contributed by atoms with van der Waals surface area (Å²) >= 11 is 0. The van der Waals surface area contributed by atoms with E-state index in [4.69, 9.17) is 0 Å². The number of nitro benzene ring substituents is 1. The van der Waals surface area contributed by atoms with Crippen LogP contribution in [0, 0.1) is 10.1 Å². The molecule has 10 heteroatoms. The molecular weight excluding hydrogens is 444 g/mol. The number of non-ortho nitro benzene ring substituents is 1. The summed E-state index contributed by atoms with van der Waals surface area (Å²) in [6, 6.07) is 10.4. The maximum Gasteiger partial charge on any atom is 0.269 e. The van der Waals surface area contributed by atoms with Crippen LogP contribution in [0.4, 0.5) is 17.1 Å². The summed E-state index contributed by atoms with van der Waals surface area (Å²) in [6.07, 6.45) is 5.83. The van der Waals surface area contributed by atoms with E-state index in [1.54, 1.807) is 12.1 Å². The molecule has 0 unspecified atom stereocenters. The van der Waals surface area contributed by atoms with Gasteiger partial charge in [0.25, 0.3) is 11.6 Å². The summed E-state index contributed by atoms with van der Waals surface area (Å²) in [5.41, 5.74) is 1.32. The first-order chi connectivity index (χ1) is 15.9. The third kappa shape index (κ3) is 5.17. The standard InChI is InChI=1S/C23H28N4O5S/c28-23(24-18-7-9-19(10-8-18)27(29)30)21-17-20(33(31,32)26-15-5-2-6-16-26)11-12-22(21)25-13-3-1-4-14-25/h7-12,17H,1-6,13-16H2,(H,24,28). The average molecular weight is 473 g/mol. The third-order valence-electron chi connectivity index (χ3n) is 6.20. The Balaban J connectivity index is 1.67. The van der Waals surface area contributed by atoms with Crippen LogP contribution in [0.3, 0.4) is 0 Å². The predicted octanol–water partition coefficient (Wildman–Crippen LogP) is 4.01. The molecule has 33 heavy (non-hydrogen) atoms. The number of nitro groups is 1. The summed E-state index contributed by atoms with van der Waals surface area (Å²) in [5, 5.41) is 13.7. The summed E-state index contributed by atoms with van der Waals surface area (Å²) in [5.74, 6) is -0.444. The second-order valence-electron chi connectivity index (χ2n) is 8.45. The molecule has 0 aromatic heterocycles. The Morgan fingerprint density at radius 2 is 1.48 bits per heavy atom. The van der Waals surface area contributed by atoms with E-state index in [0.29, 0.717) is 24.5 Å². The molecule has 2 aliphatic rings. The Labute approximate surface area is 193 Å². The van der Waals surface area contributed by atoms with Crippen LogP contribution in [0.2, 0.25) is 0 Å². The number of hydrogen-bond donors (Lipinski definition) is 1. The van der Waals surface area contributed by atoms with Crippen LogP contribution in [0.25, 0.3) is 0 Å². The molecule has 0 spiro atoms. The molecule has 2 fully saturated rings. The van der Waals surface area contributed by atoms with Crippen LogP contribution in [0.1, 0.15) is 48.9 Å². The first kappa shape index (κ1) is 23.2. The van der Waals surface area contributed by atoms with Crippen molar-refractivity contribution in [2.24, 2.45) is 0 Å². The van der Waals surface area contributed by atoms with Crippen LogP contribution in [-0.4, -0.2) is 49.7 Å². The SMILES string of the molecule is O=C(Nc1ccc([N+](=O)[O-])cc1)c1cc(S(=O)(=O)N2CCCCC2)ccc1N1CCCCC1. The highest BCUT2D eigenvalue weighted by atomic mass is 32.2. The Morgan fingerprint density at radius 1 is 0.879 bits per heavy atom. The van der Waals surface area contributed by atoms with Gasteiger partial charge in [-0.15, -0.1) is 0 Å². The quantitative estimate of drug-likeness (QED) is 0.502. The highest BCUT2D eigenvalue weighted by Gasteiger charge is 2.28. The highest BCUT2D eigenvalue weighted by molar-refractivity contribution is 7.89. The molecule has 2 aromatic carbocycles. The summed E-state index contributed by atoms with van der Waals surface area (Å²) in [7, 11) is -3.69. The van der Waals surface area contributed by atoms with Gasteiger partial charge in [-0.2, -0.15) is 4.31 Å². The molecular formula is C23H28N4O5S. The number of carbonyl (C=O) groups is 1. The van der Waals surface area contributed by atoms with Crippen molar-refractivity contribution in [1.82, 2.24) is 4.31 Å². The Kier molecular flexibility index (Phi) is 6.94. The number of sulfonamides is 1. The summed E-state index contributed by atoms with van der Waals surface area (Å²) in [4.78, 5) is 25.9. The van der Waals surface area contributed by atoms with E-state index in [1.807, 2.05) is 0 Å². The molecule has 2 saturated heterocycles. The molecule has 0 bridgehead atoms. The fourth-order valence-corrected chi connectivity index (χ4v) is 5.93. The van der Waals surface area contributed by atoms with Gasteiger partial charge in [-0.05, 0) is 62.4 Å². The first-order valence-corrected chi connectivity index (χ1v) is 12.8. The number of piperidine rings is 2. The van der Waals surface area contributed by atoms with Crippen molar-refractivity contribution < 1.29 is 18.1 Å². The van der Waals surface area contributed by atoms with E-state index in [2.05, 4.69) is 10.2 Å². The van der Waals surface area contributed by atoms with Gasteiger partial charge in [0.2, 0.25) is 10.0 Å². The van der Waals surface area contributed by atoms with E-state index in [9.17, 15) is 23.3 Å². The maximum absolute atomic E-state index is 13.3. The molecule has 1 N–H and O–H groups in total. The minimum absolute atomic E-state index is 0.0726. The highest BCUT2D eigenvalue weighted by Crippen LogP contribution is 2.30. The van der Waals surface area contributed by atoms with Crippen molar-refractivity contribution in [3.05, 3.63) is 58.1 Å². The lowest BCUT2D eigenvalue weighted by molar-refractivity contribution is -0.384. The number of nitrogens with zero attached hydrogens (tertiary/aromatic N) is 3. The minimum Gasteiger partial charge on any atom is -0.371 e. The van der Waals surface area contributed by atoms with Crippen LogP contribution in [0.15, 0.2) is 47.4 Å². The molecule has 9 nitrogen and oxygen atoms in total. The molecule has 0 radical (unpaired) electrons. The number of anilines is 2. The van der Waals surface area contributed by atoms with Gasteiger partial charge in [0.15, 0.2) is 0 Å². The van der Waals surface area contributed by atoms with E-state index in [0.717, 1.165) is 51.6 Å². The van der Waals surface area contributed by atoms with Gasteiger partial charge in [-0.25, -0.2) is 8.42 Å². The van der Waals surface area contributed by atoms with E-state index >= 15 is 0 Å². The number of amides is 1. The van der Waals surface area contributed by atoms with Crippen molar-refractivity contribution >= 4 is 33.0 Å². The molecule has 0 atom stereocenters. The van der Waals surface area contributed by atoms with Crippen molar-refractivity contribution in [1.29, 1.82) is 0 Å².